The van der Waals surface area contributed by atoms with Crippen molar-refractivity contribution in [2.24, 2.45) is 9.98 Å². The van der Waals surface area contributed by atoms with Gasteiger partial charge in [-0.3, -0.25) is 14.8 Å². The van der Waals surface area contributed by atoms with Crippen LogP contribution < -0.4 is 4.74 Å². The molecule has 0 saturated carbocycles. The number of benzene rings is 2. The first-order valence-corrected chi connectivity index (χ1v) is 9.78. The number of aldehydes is 1. The number of carbonyl (C=O) groups is 1. The topological polar surface area (TPSA) is 71.2 Å². The zero-order chi connectivity index (χ0) is 25.0. The van der Waals surface area contributed by atoms with E-state index in [9.17, 15) is 22.4 Å². The van der Waals surface area contributed by atoms with Crippen LogP contribution in [-0.4, -0.2) is 50.6 Å². The van der Waals surface area contributed by atoms with Gasteiger partial charge in [0.2, 0.25) is 0 Å². The molecule has 1 aliphatic rings. The van der Waals surface area contributed by atoms with Crippen LogP contribution in [0.15, 0.2) is 58.5 Å². The van der Waals surface area contributed by atoms with Gasteiger partial charge in [0.1, 0.15) is 11.6 Å². The number of methoxy groups -OCH3 is 1. The van der Waals surface area contributed by atoms with Gasteiger partial charge in [0.15, 0.2) is 6.29 Å². The third-order valence-corrected chi connectivity index (χ3v) is 4.48. The van der Waals surface area contributed by atoms with Crippen molar-refractivity contribution in [1.29, 1.82) is 0 Å². The minimum absolute atomic E-state index is 0.408. The van der Waals surface area contributed by atoms with Gasteiger partial charge in [-0.25, -0.2) is 4.39 Å². The van der Waals surface area contributed by atoms with E-state index >= 15 is 0 Å². The molecular weight excluding hydrogens is 440 g/mol. The van der Waals surface area contributed by atoms with Gasteiger partial charge < -0.3 is 9.84 Å². The summed E-state index contributed by atoms with van der Waals surface area (Å²) in [5.74, 6) is 0.00309. The lowest BCUT2D eigenvalue weighted by Crippen LogP contribution is -2.08. The predicted octanol–water partition coefficient (Wildman–Crippen LogP) is 5.01. The number of aliphatic hydroxyl groups excluding tert-OH is 1. The van der Waals surface area contributed by atoms with E-state index < -0.39 is 17.6 Å². The summed E-state index contributed by atoms with van der Waals surface area (Å²) in [6.07, 6.45) is -1.25. The van der Waals surface area contributed by atoms with E-state index in [1.54, 1.807) is 26.1 Å². The molecule has 0 unspecified atom stereocenters. The molecule has 9 heteroatoms. The molecule has 0 atom stereocenters. The summed E-state index contributed by atoms with van der Waals surface area (Å²) in [4.78, 5) is 17.5. The molecule has 0 aromatic heterocycles. The van der Waals surface area contributed by atoms with Crippen LogP contribution in [0.4, 0.5) is 17.6 Å². The lowest BCUT2D eigenvalue weighted by Gasteiger charge is -2.15. The Hall–Kier alpha value is -3.33. The van der Waals surface area contributed by atoms with Crippen LogP contribution in [-0.2, 0) is 11.0 Å². The maximum atomic E-state index is 13.7. The smallest absolute Gasteiger partial charge is 0.416 e. The number of ether oxygens (including phenoxy) is 1. The summed E-state index contributed by atoms with van der Waals surface area (Å²) in [6, 6.07) is 9.28. The highest BCUT2D eigenvalue weighted by atomic mass is 19.4. The molecule has 0 fully saturated rings. The molecule has 0 spiro atoms. The largest absolute Gasteiger partial charge is 0.497 e. The van der Waals surface area contributed by atoms with Crippen molar-refractivity contribution >= 4 is 23.3 Å². The third-order valence-electron chi connectivity index (χ3n) is 4.48. The van der Waals surface area contributed by atoms with E-state index in [1.165, 1.54) is 31.4 Å². The Morgan fingerprint density at radius 2 is 1.76 bits per heavy atom. The standard InChI is InChI=1S/C19H15F4NO.C4H7NO.CH4O/c1-25-17-9-14(8-16(20)11-17)13-6-7-24-18(10-13)12-2-4-15(5-3-12)19(21,22)23;1-4(3-6)5-2;1-2/h2-5,8-11H,6-7H2,1H3;3H,1-2H3;2H,1H3. The minimum Gasteiger partial charge on any atom is -0.497 e. The van der Waals surface area contributed by atoms with Crippen molar-refractivity contribution in [3.05, 3.63) is 71.0 Å². The molecule has 2 aromatic rings. The van der Waals surface area contributed by atoms with E-state index in [4.69, 9.17) is 9.84 Å². The highest BCUT2D eigenvalue weighted by molar-refractivity contribution is 6.26. The third kappa shape index (κ3) is 8.61. The highest BCUT2D eigenvalue weighted by Crippen LogP contribution is 2.30. The number of aliphatic hydroxyl groups is 1. The lowest BCUT2D eigenvalue weighted by molar-refractivity contribution is -0.137. The second kappa shape index (κ2) is 13.3. The number of hydrogen-bond acceptors (Lipinski definition) is 5. The molecule has 0 aliphatic carbocycles. The molecule has 3 rings (SSSR count). The number of alkyl halides is 3. The zero-order valence-corrected chi connectivity index (χ0v) is 18.8. The van der Waals surface area contributed by atoms with Crippen LogP contribution in [0.3, 0.4) is 0 Å². The van der Waals surface area contributed by atoms with Crippen molar-refractivity contribution in [3.8, 4) is 5.75 Å². The van der Waals surface area contributed by atoms with Crippen LogP contribution in [0.25, 0.3) is 5.57 Å². The van der Waals surface area contributed by atoms with Crippen molar-refractivity contribution < 1.29 is 32.2 Å². The molecule has 0 bridgehead atoms. The van der Waals surface area contributed by atoms with Crippen molar-refractivity contribution in [3.63, 3.8) is 0 Å². The van der Waals surface area contributed by atoms with Crippen LogP contribution in [0.2, 0.25) is 0 Å². The van der Waals surface area contributed by atoms with Gasteiger partial charge in [0, 0.05) is 26.8 Å². The molecule has 1 aliphatic heterocycles. The number of dihydropyridines is 1. The average molecular weight is 466 g/mol. The first-order chi connectivity index (χ1) is 15.7. The van der Waals surface area contributed by atoms with Gasteiger partial charge in [-0.05, 0) is 60.4 Å². The first-order valence-electron chi connectivity index (χ1n) is 9.78. The quantitative estimate of drug-likeness (QED) is 0.391. The molecule has 5 nitrogen and oxygen atoms in total. The summed E-state index contributed by atoms with van der Waals surface area (Å²) in [6.45, 7) is 2.15. The molecular formula is C24H26F4N2O3. The Balaban J connectivity index is 0.000000593. The lowest BCUT2D eigenvalue weighted by atomic mass is 9.96. The minimum atomic E-state index is -4.37. The van der Waals surface area contributed by atoms with E-state index in [0.717, 1.165) is 31.1 Å². The normalized spacial score (nSPS) is 13.4. The molecule has 0 amide bonds. The maximum absolute atomic E-state index is 13.7. The fraction of sp³-hybridized carbons (Fsp3) is 0.292. The second-order valence-corrected chi connectivity index (χ2v) is 6.62. The summed E-state index contributed by atoms with van der Waals surface area (Å²) in [7, 11) is 4.05. The average Bonchev–Trinajstić information content (AvgIpc) is 2.84. The van der Waals surface area contributed by atoms with Crippen LogP contribution in [0, 0.1) is 5.82 Å². The first kappa shape index (κ1) is 27.7. The van der Waals surface area contributed by atoms with Gasteiger partial charge >= 0.3 is 6.18 Å². The molecule has 0 radical (unpaired) electrons. The van der Waals surface area contributed by atoms with Crippen molar-refractivity contribution in [1.82, 2.24) is 0 Å². The number of rotatable bonds is 4. The number of carbonyl (C=O) groups excluding carboxylic acids is 1. The van der Waals surface area contributed by atoms with Gasteiger partial charge in [0.25, 0.3) is 0 Å². The van der Waals surface area contributed by atoms with Gasteiger partial charge in [0.05, 0.1) is 24.1 Å². The molecule has 1 heterocycles. The van der Waals surface area contributed by atoms with Crippen LogP contribution in [0.5, 0.6) is 5.75 Å². The van der Waals surface area contributed by atoms with E-state index in [-0.39, 0.29) is 0 Å². The van der Waals surface area contributed by atoms with E-state index in [1.807, 2.05) is 0 Å². The van der Waals surface area contributed by atoms with Crippen LogP contribution in [0.1, 0.15) is 30.0 Å². The monoisotopic (exact) mass is 466 g/mol. The SMILES string of the molecule is CN=C(C)C=O.CO.COc1cc(F)cc(C2=CC(c3ccc(C(F)(F)F)cc3)=NCC2)c1. The molecule has 2 aromatic carbocycles. The van der Waals surface area contributed by atoms with Crippen LogP contribution >= 0.6 is 0 Å². The van der Waals surface area contributed by atoms with Gasteiger partial charge in [-0.2, -0.15) is 13.2 Å². The Morgan fingerprint density at radius 1 is 1.12 bits per heavy atom. The molecule has 178 valence electrons. The summed E-state index contributed by atoms with van der Waals surface area (Å²) < 4.78 is 56.8. The summed E-state index contributed by atoms with van der Waals surface area (Å²) in [5.41, 5.74) is 2.55. The second-order valence-electron chi connectivity index (χ2n) is 6.62. The van der Waals surface area contributed by atoms with E-state index in [2.05, 4.69) is 9.98 Å². The maximum Gasteiger partial charge on any atom is 0.416 e. The number of aliphatic imine (C=N–C) groups is 2. The van der Waals surface area contributed by atoms with Gasteiger partial charge in [-0.1, -0.05) is 12.1 Å². The number of allylic oxidation sites excluding steroid dienone is 1. The van der Waals surface area contributed by atoms with Crippen molar-refractivity contribution in [2.45, 2.75) is 19.5 Å². The fourth-order valence-corrected chi connectivity index (χ4v) is 2.73. The molecule has 0 saturated heterocycles. The number of hydrogen-bond donors (Lipinski definition) is 1. The Bertz CT molecular complexity index is 1010. The van der Waals surface area contributed by atoms with E-state index in [0.29, 0.717) is 41.3 Å². The predicted molar refractivity (Wildman–Crippen MR) is 122 cm³/mol. The Labute approximate surface area is 190 Å². The number of nitrogens with zero attached hydrogens (tertiary/aromatic N) is 2. The summed E-state index contributed by atoms with van der Waals surface area (Å²) >= 11 is 0. The highest BCUT2D eigenvalue weighted by Gasteiger charge is 2.30. The van der Waals surface area contributed by atoms with Crippen molar-refractivity contribution in [2.75, 3.05) is 27.8 Å². The fourth-order valence-electron chi connectivity index (χ4n) is 2.73. The van der Waals surface area contributed by atoms with Gasteiger partial charge in [-0.15, -0.1) is 0 Å². The number of halogens is 4. The molecule has 33 heavy (non-hydrogen) atoms. The zero-order valence-electron chi connectivity index (χ0n) is 18.8. The summed E-state index contributed by atoms with van der Waals surface area (Å²) in [5, 5.41) is 7.00. The Kier molecular flexibility index (Phi) is 11.1. The Morgan fingerprint density at radius 3 is 2.24 bits per heavy atom. The molecule has 1 N–H and O–H groups in total.